The Morgan fingerprint density at radius 2 is 2.10 bits per heavy atom. The van der Waals surface area contributed by atoms with E-state index in [1.165, 1.54) is 0 Å². The summed E-state index contributed by atoms with van der Waals surface area (Å²) in [6, 6.07) is 9.85. The Kier molecular flexibility index (Phi) is 4.90. The Bertz CT molecular complexity index is 572. The van der Waals surface area contributed by atoms with Crippen molar-refractivity contribution < 1.29 is 4.74 Å². The average Bonchev–Trinajstić information content (AvgIpc) is 2.45. The van der Waals surface area contributed by atoms with Crippen molar-refractivity contribution in [2.75, 3.05) is 25.0 Å². The maximum Gasteiger partial charge on any atom is 0.223 e. The number of hydrogen-bond donors (Lipinski definition) is 2. The van der Waals surface area contributed by atoms with Crippen molar-refractivity contribution in [2.45, 2.75) is 13.8 Å². The number of nitrogens with two attached hydrogens (primary N) is 1. The number of benzene rings is 1. The first-order valence-corrected chi connectivity index (χ1v) is 6.75. The molecule has 0 aliphatic carbocycles. The summed E-state index contributed by atoms with van der Waals surface area (Å²) < 4.78 is 5.52. The molecular formula is C15H20N4O. The molecule has 0 saturated heterocycles. The van der Waals surface area contributed by atoms with E-state index in [-0.39, 0.29) is 0 Å². The SMILES string of the molecule is CCOc1cccc(-c2cc(C)nc(NCCN)n2)c1. The molecule has 0 unspecified atom stereocenters. The van der Waals surface area contributed by atoms with Gasteiger partial charge in [-0.1, -0.05) is 12.1 Å². The molecule has 0 bridgehead atoms. The van der Waals surface area contributed by atoms with Gasteiger partial charge in [0.15, 0.2) is 0 Å². The van der Waals surface area contributed by atoms with E-state index in [9.17, 15) is 0 Å². The van der Waals surface area contributed by atoms with Gasteiger partial charge < -0.3 is 15.8 Å². The molecule has 5 heteroatoms. The summed E-state index contributed by atoms with van der Waals surface area (Å²) in [5, 5.41) is 3.11. The Morgan fingerprint density at radius 3 is 2.85 bits per heavy atom. The lowest BCUT2D eigenvalue weighted by Gasteiger charge is -2.09. The van der Waals surface area contributed by atoms with E-state index in [2.05, 4.69) is 15.3 Å². The first-order valence-electron chi connectivity index (χ1n) is 6.75. The van der Waals surface area contributed by atoms with Crippen molar-refractivity contribution in [2.24, 2.45) is 5.73 Å². The summed E-state index contributed by atoms with van der Waals surface area (Å²) in [4.78, 5) is 8.86. The van der Waals surface area contributed by atoms with Gasteiger partial charge in [-0.05, 0) is 32.0 Å². The highest BCUT2D eigenvalue weighted by molar-refractivity contribution is 5.62. The van der Waals surface area contributed by atoms with Crippen molar-refractivity contribution in [1.29, 1.82) is 0 Å². The zero-order valence-corrected chi connectivity index (χ0v) is 11.9. The predicted molar refractivity (Wildman–Crippen MR) is 80.9 cm³/mol. The van der Waals surface area contributed by atoms with Gasteiger partial charge in [0.05, 0.1) is 12.3 Å². The van der Waals surface area contributed by atoms with Gasteiger partial charge in [-0.25, -0.2) is 9.97 Å². The fraction of sp³-hybridized carbons (Fsp3) is 0.333. The number of hydrogen-bond acceptors (Lipinski definition) is 5. The highest BCUT2D eigenvalue weighted by Gasteiger charge is 2.05. The second kappa shape index (κ2) is 6.86. The molecule has 2 rings (SSSR count). The van der Waals surface area contributed by atoms with Gasteiger partial charge >= 0.3 is 0 Å². The normalized spacial score (nSPS) is 10.3. The number of nitrogens with one attached hydrogen (secondary N) is 1. The maximum absolute atomic E-state index is 5.52. The molecule has 5 nitrogen and oxygen atoms in total. The molecule has 1 heterocycles. The molecule has 0 amide bonds. The van der Waals surface area contributed by atoms with E-state index >= 15 is 0 Å². The van der Waals surface area contributed by atoms with E-state index in [1.54, 1.807) is 0 Å². The summed E-state index contributed by atoms with van der Waals surface area (Å²) in [5.41, 5.74) is 8.28. The van der Waals surface area contributed by atoms with Gasteiger partial charge in [0.2, 0.25) is 5.95 Å². The standard InChI is InChI=1S/C15H20N4O/c1-3-20-13-6-4-5-12(10-13)14-9-11(2)18-15(19-14)17-8-7-16/h4-6,9-10H,3,7-8,16H2,1-2H3,(H,17,18,19). The molecule has 2 aromatic rings. The van der Waals surface area contributed by atoms with Crippen LogP contribution in [0.25, 0.3) is 11.3 Å². The van der Waals surface area contributed by atoms with Gasteiger partial charge in [-0.15, -0.1) is 0 Å². The number of aromatic nitrogens is 2. The van der Waals surface area contributed by atoms with Crippen LogP contribution in [0.2, 0.25) is 0 Å². The van der Waals surface area contributed by atoms with Crippen molar-refractivity contribution >= 4 is 5.95 Å². The number of aryl methyl sites for hydroxylation is 1. The molecular weight excluding hydrogens is 252 g/mol. The van der Waals surface area contributed by atoms with E-state index in [0.717, 1.165) is 22.7 Å². The van der Waals surface area contributed by atoms with E-state index in [0.29, 0.717) is 25.6 Å². The van der Waals surface area contributed by atoms with Crippen LogP contribution in [0.5, 0.6) is 5.75 Å². The molecule has 106 valence electrons. The molecule has 0 spiro atoms. The van der Waals surface area contributed by atoms with Crippen LogP contribution in [0.1, 0.15) is 12.6 Å². The Hall–Kier alpha value is -2.14. The number of anilines is 1. The highest BCUT2D eigenvalue weighted by Crippen LogP contribution is 2.23. The lowest BCUT2D eigenvalue weighted by Crippen LogP contribution is -2.15. The molecule has 3 N–H and O–H groups in total. The van der Waals surface area contributed by atoms with Crippen molar-refractivity contribution in [3.63, 3.8) is 0 Å². The fourth-order valence-electron chi connectivity index (χ4n) is 1.89. The molecule has 0 aliphatic rings. The Morgan fingerprint density at radius 1 is 1.25 bits per heavy atom. The van der Waals surface area contributed by atoms with Crippen LogP contribution in [0.4, 0.5) is 5.95 Å². The second-order valence-electron chi connectivity index (χ2n) is 4.39. The molecule has 0 aliphatic heterocycles. The minimum Gasteiger partial charge on any atom is -0.494 e. The predicted octanol–water partition coefficient (Wildman–Crippen LogP) is 2.22. The molecule has 0 atom stereocenters. The van der Waals surface area contributed by atoms with E-state index in [4.69, 9.17) is 10.5 Å². The maximum atomic E-state index is 5.52. The highest BCUT2D eigenvalue weighted by atomic mass is 16.5. The van der Waals surface area contributed by atoms with Crippen molar-refractivity contribution in [3.05, 3.63) is 36.0 Å². The van der Waals surface area contributed by atoms with Crippen LogP contribution >= 0.6 is 0 Å². The third-order valence-electron chi connectivity index (χ3n) is 2.72. The van der Waals surface area contributed by atoms with Crippen LogP contribution in [-0.4, -0.2) is 29.7 Å². The van der Waals surface area contributed by atoms with Crippen LogP contribution in [-0.2, 0) is 0 Å². The lowest BCUT2D eigenvalue weighted by molar-refractivity contribution is 0.340. The molecule has 0 fully saturated rings. The Balaban J connectivity index is 2.31. The van der Waals surface area contributed by atoms with Crippen LogP contribution in [0.15, 0.2) is 30.3 Å². The summed E-state index contributed by atoms with van der Waals surface area (Å²) >= 11 is 0. The lowest BCUT2D eigenvalue weighted by atomic mass is 10.1. The monoisotopic (exact) mass is 272 g/mol. The van der Waals surface area contributed by atoms with Gasteiger partial charge in [-0.3, -0.25) is 0 Å². The molecule has 0 radical (unpaired) electrons. The topological polar surface area (TPSA) is 73.1 Å². The molecule has 1 aromatic heterocycles. The largest absolute Gasteiger partial charge is 0.494 e. The number of rotatable bonds is 6. The van der Waals surface area contributed by atoms with Crippen LogP contribution in [0.3, 0.4) is 0 Å². The number of nitrogens with zero attached hydrogens (tertiary/aromatic N) is 2. The summed E-state index contributed by atoms with van der Waals surface area (Å²) in [6.07, 6.45) is 0. The van der Waals surface area contributed by atoms with Crippen molar-refractivity contribution in [3.8, 4) is 17.0 Å². The summed E-state index contributed by atoms with van der Waals surface area (Å²) in [7, 11) is 0. The number of ether oxygens (including phenoxy) is 1. The quantitative estimate of drug-likeness (QED) is 0.843. The summed E-state index contributed by atoms with van der Waals surface area (Å²) in [5.74, 6) is 1.45. The summed E-state index contributed by atoms with van der Waals surface area (Å²) in [6.45, 7) is 5.77. The smallest absolute Gasteiger partial charge is 0.223 e. The fourth-order valence-corrected chi connectivity index (χ4v) is 1.89. The minimum absolute atomic E-state index is 0.548. The Labute approximate surface area is 119 Å². The average molecular weight is 272 g/mol. The van der Waals surface area contributed by atoms with E-state index in [1.807, 2.05) is 44.2 Å². The van der Waals surface area contributed by atoms with E-state index < -0.39 is 0 Å². The first kappa shape index (κ1) is 14.3. The zero-order chi connectivity index (χ0) is 14.4. The van der Waals surface area contributed by atoms with Crippen LogP contribution < -0.4 is 15.8 Å². The second-order valence-corrected chi connectivity index (χ2v) is 4.39. The zero-order valence-electron chi connectivity index (χ0n) is 11.9. The third-order valence-corrected chi connectivity index (χ3v) is 2.72. The van der Waals surface area contributed by atoms with Gasteiger partial charge in [0, 0.05) is 24.3 Å². The van der Waals surface area contributed by atoms with Gasteiger partial charge in [0.25, 0.3) is 0 Å². The first-order chi connectivity index (χ1) is 9.72. The molecule has 0 saturated carbocycles. The van der Waals surface area contributed by atoms with Gasteiger partial charge in [-0.2, -0.15) is 0 Å². The minimum atomic E-state index is 0.548. The third kappa shape index (κ3) is 3.68. The van der Waals surface area contributed by atoms with Crippen LogP contribution in [0, 0.1) is 6.92 Å². The van der Waals surface area contributed by atoms with Gasteiger partial charge in [0.1, 0.15) is 5.75 Å². The molecule has 1 aromatic carbocycles. The molecule has 20 heavy (non-hydrogen) atoms. The van der Waals surface area contributed by atoms with Crippen molar-refractivity contribution in [1.82, 2.24) is 9.97 Å².